The fraction of sp³-hybridized carbons (Fsp3) is 0.143. The second-order valence-corrected chi connectivity index (χ2v) is 6.41. The maximum absolute atomic E-state index is 13.7. The predicted molar refractivity (Wildman–Crippen MR) is 98.7 cm³/mol. The van der Waals surface area contributed by atoms with Crippen LogP contribution in [0, 0.1) is 18.6 Å². The van der Waals surface area contributed by atoms with Crippen molar-refractivity contribution in [3.8, 4) is 17.0 Å². The molecular formula is C21H17F2N3O2. The molecule has 0 bridgehead atoms. The van der Waals surface area contributed by atoms with Crippen molar-refractivity contribution < 1.29 is 18.0 Å². The standard InChI is InChI=1S/C21H17F2N3O2/c1-14-10-26(13-24-14)11-19-9-21(25-28-19)15-3-6-18(7-4-15)27-12-16-2-5-17(22)8-20(16)23/h2-10,13H,11-12H2,1H3. The number of ether oxygens (including phenoxy) is 1. The van der Waals surface area contributed by atoms with Gasteiger partial charge in [0, 0.05) is 29.5 Å². The fourth-order valence-corrected chi connectivity index (χ4v) is 2.78. The number of rotatable bonds is 6. The third-order valence-corrected chi connectivity index (χ3v) is 4.22. The highest BCUT2D eigenvalue weighted by Crippen LogP contribution is 2.23. The monoisotopic (exact) mass is 381 g/mol. The lowest BCUT2D eigenvalue weighted by molar-refractivity contribution is 0.299. The molecular weight excluding hydrogens is 364 g/mol. The lowest BCUT2D eigenvalue weighted by atomic mass is 10.1. The van der Waals surface area contributed by atoms with Crippen molar-refractivity contribution >= 4 is 0 Å². The third-order valence-electron chi connectivity index (χ3n) is 4.22. The Kier molecular flexibility index (Phi) is 4.89. The highest BCUT2D eigenvalue weighted by molar-refractivity contribution is 5.59. The van der Waals surface area contributed by atoms with Crippen LogP contribution in [0.4, 0.5) is 8.78 Å². The molecule has 2 heterocycles. The van der Waals surface area contributed by atoms with Gasteiger partial charge < -0.3 is 13.8 Å². The van der Waals surface area contributed by atoms with E-state index < -0.39 is 11.6 Å². The Bertz CT molecular complexity index is 1090. The van der Waals surface area contributed by atoms with Gasteiger partial charge in [0.2, 0.25) is 0 Å². The van der Waals surface area contributed by atoms with E-state index >= 15 is 0 Å². The average Bonchev–Trinajstić information content (AvgIpc) is 3.31. The highest BCUT2D eigenvalue weighted by Gasteiger charge is 2.09. The molecule has 0 saturated heterocycles. The van der Waals surface area contributed by atoms with Crippen LogP contribution >= 0.6 is 0 Å². The molecule has 4 rings (SSSR count). The van der Waals surface area contributed by atoms with Crippen molar-refractivity contribution in [3.05, 3.63) is 89.7 Å². The van der Waals surface area contributed by atoms with Crippen LogP contribution in [0.1, 0.15) is 17.0 Å². The zero-order chi connectivity index (χ0) is 19.5. The van der Waals surface area contributed by atoms with Crippen LogP contribution in [0.2, 0.25) is 0 Å². The van der Waals surface area contributed by atoms with Crippen molar-refractivity contribution in [2.24, 2.45) is 0 Å². The third kappa shape index (κ3) is 4.09. The Morgan fingerprint density at radius 3 is 2.61 bits per heavy atom. The summed E-state index contributed by atoms with van der Waals surface area (Å²) >= 11 is 0. The maximum atomic E-state index is 13.7. The van der Waals surface area contributed by atoms with Crippen LogP contribution < -0.4 is 4.74 Å². The first-order valence-electron chi connectivity index (χ1n) is 8.68. The number of aryl methyl sites for hydroxylation is 1. The molecule has 0 aliphatic rings. The van der Waals surface area contributed by atoms with Gasteiger partial charge in [-0.2, -0.15) is 0 Å². The summed E-state index contributed by atoms with van der Waals surface area (Å²) in [5, 5.41) is 4.10. The zero-order valence-electron chi connectivity index (χ0n) is 15.1. The second-order valence-electron chi connectivity index (χ2n) is 6.41. The van der Waals surface area contributed by atoms with Crippen molar-refractivity contribution in [3.63, 3.8) is 0 Å². The number of aromatic nitrogens is 3. The number of hydrogen-bond acceptors (Lipinski definition) is 4. The van der Waals surface area contributed by atoms with Crippen LogP contribution in [0.25, 0.3) is 11.3 Å². The molecule has 0 saturated carbocycles. The Hall–Kier alpha value is -3.48. The molecule has 0 radical (unpaired) electrons. The Morgan fingerprint density at radius 1 is 1.07 bits per heavy atom. The lowest BCUT2D eigenvalue weighted by Crippen LogP contribution is -1.99. The molecule has 0 N–H and O–H groups in total. The first-order chi connectivity index (χ1) is 13.6. The number of nitrogens with zero attached hydrogens (tertiary/aromatic N) is 3. The van der Waals surface area contributed by atoms with Gasteiger partial charge in [-0.1, -0.05) is 5.16 Å². The average molecular weight is 381 g/mol. The molecule has 4 aromatic rings. The molecule has 0 aliphatic carbocycles. The summed E-state index contributed by atoms with van der Waals surface area (Å²) in [6.45, 7) is 2.50. The maximum Gasteiger partial charge on any atom is 0.157 e. The smallest absolute Gasteiger partial charge is 0.157 e. The van der Waals surface area contributed by atoms with E-state index in [2.05, 4.69) is 10.1 Å². The highest BCUT2D eigenvalue weighted by atomic mass is 19.1. The van der Waals surface area contributed by atoms with Crippen LogP contribution in [0.15, 0.2) is 65.6 Å². The predicted octanol–water partition coefficient (Wildman–Crippen LogP) is 4.75. The summed E-state index contributed by atoms with van der Waals surface area (Å²) in [7, 11) is 0. The molecule has 0 fully saturated rings. The zero-order valence-corrected chi connectivity index (χ0v) is 15.1. The fourth-order valence-electron chi connectivity index (χ4n) is 2.78. The number of hydrogen-bond donors (Lipinski definition) is 0. The molecule has 7 heteroatoms. The summed E-state index contributed by atoms with van der Waals surface area (Å²) in [6.07, 6.45) is 3.67. The van der Waals surface area contributed by atoms with Crippen LogP contribution in [-0.4, -0.2) is 14.7 Å². The molecule has 2 aromatic carbocycles. The molecule has 0 atom stereocenters. The molecule has 0 unspecified atom stereocenters. The number of halogens is 2. The van der Waals surface area contributed by atoms with E-state index in [9.17, 15) is 8.78 Å². The van der Waals surface area contributed by atoms with Gasteiger partial charge in [0.25, 0.3) is 0 Å². The van der Waals surface area contributed by atoms with Crippen LogP contribution in [-0.2, 0) is 13.2 Å². The largest absolute Gasteiger partial charge is 0.489 e. The number of benzene rings is 2. The molecule has 2 aromatic heterocycles. The summed E-state index contributed by atoms with van der Waals surface area (Å²) in [5.41, 5.74) is 2.82. The molecule has 28 heavy (non-hydrogen) atoms. The van der Waals surface area contributed by atoms with Crippen LogP contribution in [0.3, 0.4) is 0 Å². The molecule has 0 spiro atoms. The minimum absolute atomic E-state index is 0.0177. The van der Waals surface area contributed by atoms with Gasteiger partial charge in [-0.05, 0) is 43.3 Å². The van der Waals surface area contributed by atoms with Crippen molar-refractivity contribution in [2.75, 3.05) is 0 Å². The normalized spacial score (nSPS) is 11.0. The lowest BCUT2D eigenvalue weighted by Gasteiger charge is -2.07. The van der Waals surface area contributed by atoms with Gasteiger partial charge in [0.05, 0.1) is 18.6 Å². The van der Waals surface area contributed by atoms with Crippen molar-refractivity contribution in [1.82, 2.24) is 14.7 Å². The molecule has 0 aliphatic heterocycles. The summed E-state index contributed by atoms with van der Waals surface area (Å²) in [4.78, 5) is 4.18. The van der Waals surface area contributed by atoms with Gasteiger partial charge in [0.15, 0.2) is 5.76 Å². The van der Waals surface area contributed by atoms with E-state index in [1.54, 1.807) is 18.5 Å². The topological polar surface area (TPSA) is 53.1 Å². The molecule has 142 valence electrons. The minimum atomic E-state index is -0.625. The molecule has 5 nitrogen and oxygen atoms in total. The van der Waals surface area contributed by atoms with E-state index in [1.807, 2.05) is 35.9 Å². The Labute approximate surface area is 160 Å². The first kappa shape index (κ1) is 17.9. The summed E-state index contributed by atoms with van der Waals surface area (Å²) in [5.74, 6) is 0.0604. The van der Waals surface area contributed by atoms with Gasteiger partial charge in [-0.15, -0.1) is 0 Å². The van der Waals surface area contributed by atoms with Gasteiger partial charge in [-0.3, -0.25) is 0 Å². The van der Waals surface area contributed by atoms with E-state index in [1.165, 1.54) is 12.1 Å². The van der Waals surface area contributed by atoms with Gasteiger partial charge in [-0.25, -0.2) is 13.8 Å². The first-order valence-corrected chi connectivity index (χ1v) is 8.68. The Morgan fingerprint density at radius 2 is 1.89 bits per heavy atom. The van der Waals surface area contributed by atoms with E-state index in [4.69, 9.17) is 9.26 Å². The van der Waals surface area contributed by atoms with Crippen molar-refractivity contribution in [2.45, 2.75) is 20.1 Å². The van der Waals surface area contributed by atoms with Gasteiger partial charge >= 0.3 is 0 Å². The minimum Gasteiger partial charge on any atom is -0.489 e. The van der Waals surface area contributed by atoms with E-state index in [0.717, 1.165) is 23.1 Å². The van der Waals surface area contributed by atoms with E-state index in [-0.39, 0.29) is 6.61 Å². The summed E-state index contributed by atoms with van der Waals surface area (Å²) < 4.78 is 39.5. The molecule has 0 amide bonds. The van der Waals surface area contributed by atoms with Gasteiger partial charge in [0.1, 0.15) is 29.7 Å². The second kappa shape index (κ2) is 7.64. The summed E-state index contributed by atoms with van der Waals surface area (Å²) in [6, 6.07) is 12.5. The Balaban J connectivity index is 1.40. The van der Waals surface area contributed by atoms with E-state index in [0.29, 0.717) is 23.6 Å². The number of imidazole rings is 1. The van der Waals surface area contributed by atoms with Crippen LogP contribution in [0.5, 0.6) is 5.75 Å². The van der Waals surface area contributed by atoms with Crippen molar-refractivity contribution in [1.29, 1.82) is 0 Å². The quantitative estimate of drug-likeness (QED) is 0.484. The SMILES string of the molecule is Cc1cn(Cc2cc(-c3ccc(OCc4ccc(F)cc4F)cc3)no2)cn1.